The molecule has 0 spiro atoms. The average molecular weight is 153 g/mol. The molecule has 0 aromatic carbocycles. The van der Waals surface area contributed by atoms with Crippen LogP contribution < -0.4 is 10.9 Å². The largest absolute Gasteiger partial charge is 0.368 e. The summed E-state index contributed by atoms with van der Waals surface area (Å²) in [6, 6.07) is 0.467. The predicted octanol–water partition coefficient (Wildman–Crippen LogP) is 0.450. The van der Waals surface area contributed by atoms with Crippen LogP contribution in [0, 0.1) is 0 Å². The van der Waals surface area contributed by atoms with Crippen molar-refractivity contribution in [1.82, 2.24) is 10.2 Å². The molecule has 4 nitrogen and oxygen atoms in total. The van der Waals surface area contributed by atoms with E-state index in [0.717, 1.165) is 24.2 Å². The molecule has 60 valence electrons. The Morgan fingerprint density at radius 2 is 2.27 bits per heavy atom. The Bertz CT molecular complexity index is 312. The van der Waals surface area contributed by atoms with Crippen molar-refractivity contribution in [3.8, 4) is 0 Å². The molecule has 4 heteroatoms. The van der Waals surface area contributed by atoms with Crippen molar-refractivity contribution in [2.45, 2.75) is 25.8 Å². The van der Waals surface area contributed by atoms with E-state index in [1.54, 1.807) is 0 Å². The minimum absolute atomic E-state index is 0.0133. The summed E-state index contributed by atoms with van der Waals surface area (Å²) in [5.74, 6) is 0.869. The van der Waals surface area contributed by atoms with Crippen LogP contribution in [0.1, 0.15) is 18.9 Å². The van der Waals surface area contributed by atoms with Gasteiger partial charge < -0.3 is 5.32 Å². The van der Waals surface area contributed by atoms with E-state index in [-0.39, 0.29) is 5.56 Å². The molecular formula is C7H11N3O. The molecule has 0 amide bonds. The zero-order valence-electron chi connectivity index (χ0n) is 6.40. The van der Waals surface area contributed by atoms with Crippen LogP contribution in [-0.2, 0) is 6.42 Å². The van der Waals surface area contributed by atoms with Gasteiger partial charge in [0.25, 0.3) is 5.56 Å². The molecule has 0 saturated carbocycles. The minimum Gasteiger partial charge on any atom is -0.368 e. The molecule has 0 radical (unpaired) electrons. The van der Waals surface area contributed by atoms with Crippen molar-refractivity contribution < 1.29 is 0 Å². The standard InChI is InChI=1S/C7H11N3O/c1-4-2-3-5-6(8-4)9-10-7(5)11/h4H,2-3H2,1H3,(H3,8,9,10,11). The third-order valence-electron chi connectivity index (χ3n) is 2.09. The first-order valence-electron chi connectivity index (χ1n) is 3.83. The molecule has 1 unspecified atom stereocenters. The van der Waals surface area contributed by atoms with Gasteiger partial charge in [-0.3, -0.25) is 15.0 Å². The Labute approximate surface area is 64.0 Å². The van der Waals surface area contributed by atoms with Gasteiger partial charge in [-0.1, -0.05) is 0 Å². The van der Waals surface area contributed by atoms with Crippen LogP contribution in [0.3, 0.4) is 0 Å². The molecule has 3 N–H and O–H groups in total. The zero-order chi connectivity index (χ0) is 7.84. The summed E-state index contributed by atoms with van der Waals surface area (Å²) in [6.45, 7) is 2.11. The van der Waals surface area contributed by atoms with E-state index in [1.807, 2.05) is 0 Å². The molecule has 11 heavy (non-hydrogen) atoms. The van der Waals surface area contributed by atoms with Gasteiger partial charge in [0.05, 0.1) is 5.56 Å². The highest BCUT2D eigenvalue weighted by Gasteiger charge is 2.17. The fourth-order valence-corrected chi connectivity index (χ4v) is 1.42. The quantitative estimate of drug-likeness (QED) is 0.506. The van der Waals surface area contributed by atoms with Crippen molar-refractivity contribution >= 4 is 5.82 Å². The van der Waals surface area contributed by atoms with E-state index in [1.165, 1.54) is 0 Å². The van der Waals surface area contributed by atoms with Gasteiger partial charge in [0.15, 0.2) is 0 Å². The summed E-state index contributed by atoms with van der Waals surface area (Å²) in [5.41, 5.74) is 0.877. The van der Waals surface area contributed by atoms with Crippen molar-refractivity contribution in [2.24, 2.45) is 0 Å². The Kier molecular flexibility index (Phi) is 1.27. The smallest absolute Gasteiger partial charge is 0.269 e. The second kappa shape index (κ2) is 2.15. The lowest BCUT2D eigenvalue weighted by Gasteiger charge is -2.19. The summed E-state index contributed by atoms with van der Waals surface area (Å²) in [4.78, 5) is 11.0. The monoisotopic (exact) mass is 153 g/mol. The number of H-pyrrole nitrogens is 2. The molecule has 2 rings (SSSR count). The number of nitrogens with one attached hydrogen (secondary N) is 3. The molecule has 0 saturated heterocycles. The van der Waals surface area contributed by atoms with Crippen LogP contribution in [0.5, 0.6) is 0 Å². The summed E-state index contributed by atoms with van der Waals surface area (Å²) in [5, 5.41) is 8.56. The third kappa shape index (κ3) is 0.943. The van der Waals surface area contributed by atoms with Gasteiger partial charge in [-0.15, -0.1) is 0 Å². The normalized spacial score (nSPS) is 22.5. The second-order valence-electron chi connectivity index (χ2n) is 3.02. The van der Waals surface area contributed by atoms with Gasteiger partial charge in [0, 0.05) is 6.04 Å². The topological polar surface area (TPSA) is 60.7 Å². The van der Waals surface area contributed by atoms with E-state index in [0.29, 0.717) is 6.04 Å². The Morgan fingerprint density at radius 3 is 3.09 bits per heavy atom. The van der Waals surface area contributed by atoms with Crippen molar-refractivity contribution in [1.29, 1.82) is 0 Å². The maximum atomic E-state index is 11.0. The highest BCUT2D eigenvalue weighted by Crippen LogP contribution is 2.17. The maximum absolute atomic E-state index is 11.0. The van der Waals surface area contributed by atoms with Crippen molar-refractivity contribution in [2.75, 3.05) is 5.32 Å². The lowest BCUT2D eigenvalue weighted by molar-refractivity contribution is 0.677. The van der Waals surface area contributed by atoms with Gasteiger partial charge in [0.2, 0.25) is 0 Å². The lowest BCUT2D eigenvalue weighted by Crippen LogP contribution is -2.23. The van der Waals surface area contributed by atoms with Gasteiger partial charge >= 0.3 is 0 Å². The highest BCUT2D eigenvalue weighted by molar-refractivity contribution is 5.45. The Balaban J connectivity index is 2.44. The summed E-state index contributed by atoms with van der Waals surface area (Å²) >= 11 is 0. The highest BCUT2D eigenvalue weighted by atomic mass is 16.1. The molecular weight excluding hydrogens is 142 g/mol. The molecule has 1 atom stereocenters. The first-order valence-corrected chi connectivity index (χ1v) is 3.83. The van der Waals surface area contributed by atoms with E-state index >= 15 is 0 Å². The SMILES string of the molecule is CC1CCc2c([nH][nH]c2=O)N1. The number of fused-ring (bicyclic) bond motifs is 1. The lowest BCUT2D eigenvalue weighted by atomic mass is 10.0. The number of aromatic amines is 2. The molecule has 0 fully saturated rings. The van der Waals surface area contributed by atoms with E-state index in [4.69, 9.17) is 0 Å². The number of hydrogen-bond donors (Lipinski definition) is 3. The van der Waals surface area contributed by atoms with Crippen molar-refractivity contribution in [3.63, 3.8) is 0 Å². The molecule has 0 bridgehead atoms. The third-order valence-corrected chi connectivity index (χ3v) is 2.09. The summed E-state index contributed by atoms with van der Waals surface area (Å²) in [6.07, 6.45) is 1.91. The predicted molar refractivity (Wildman–Crippen MR) is 42.8 cm³/mol. The van der Waals surface area contributed by atoms with Crippen LogP contribution in [0.2, 0.25) is 0 Å². The molecule has 1 aliphatic rings. The number of rotatable bonds is 0. The summed E-state index contributed by atoms with van der Waals surface area (Å²) < 4.78 is 0. The zero-order valence-corrected chi connectivity index (χ0v) is 6.40. The first-order chi connectivity index (χ1) is 5.27. The van der Waals surface area contributed by atoms with E-state index < -0.39 is 0 Å². The molecule has 1 aliphatic heterocycles. The van der Waals surface area contributed by atoms with Gasteiger partial charge in [-0.2, -0.15) is 0 Å². The molecule has 1 aromatic rings. The van der Waals surface area contributed by atoms with Crippen LogP contribution in [0.15, 0.2) is 4.79 Å². The number of anilines is 1. The molecule has 2 heterocycles. The van der Waals surface area contributed by atoms with Gasteiger partial charge in [0.1, 0.15) is 5.82 Å². The van der Waals surface area contributed by atoms with Crippen LogP contribution in [0.25, 0.3) is 0 Å². The number of aromatic nitrogens is 2. The molecule has 1 aromatic heterocycles. The second-order valence-corrected chi connectivity index (χ2v) is 3.02. The van der Waals surface area contributed by atoms with E-state index in [2.05, 4.69) is 22.4 Å². The maximum Gasteiger partial charge on any atom is 0.269 e. The molecule has 0 aliphatic carbocycles. The van der Waals surface area contributed by atoms with Crippen molar-refractivity contribution in [3.05, 3.63) is 15.9 Å². The van der Waals surface area contributed by atoms with Crippen LogP contribution in [-0.4, -0.2) is 16.2 Å². The van der Waals surface area contributed by atoms with Gasteiger partial charge in [-0.25, -0.2) is 0 Å². The fourth-order valence-electron chi connectivity index (χ4n) is 1.42. The number of hydrogen-bond acceptors (Lipinski definition) is 2. The van der Waals surface area contributed by atoms with E-state index in [9.17, 15) is 4.79 Å². The fraction of sp³-hybridized carbons (Fsp3) is 0.571. The van der Waals surface area contributed by atoms with Crippen LogP contribution >= 0.6 is 0 Å². The van der Waals surface area contributed by atoms with Gasteiger partial charge in [-0.05, 0) is 19.8 Å². The average Bonchev–Trinajstić information content (AvgIpc) is 2.32. The summed E-state index contributed by atoms with van der Waals surface area (Å²) in [7, 11) is 0. The van der Waals surface area contributed by atoms with Crippen LogP contribution in [0.4, 0.5) is 5.82 Å². The Hall–Kier alpha value is -1.19. The first kappa shape index (κ1) is 6.52. The Morgan fingerprint density at radius 1 is 1.45 bits per heavy atom. The minimum atomic E-state index is 0.0133.